The lowest BCUT2D eigenvalue weighted by Gasteiger charge is -2.27. The van der Waals surface area contributed by atoms with E-state index >= 15 is 0 Å². The van der Waals surface area contributed by atoms with E-state index in [4.69, 9.17) is 10.5 Å². The third-order valence-corrected chi connectivity index (χ3v) is 4.07. The number of hydrogen-bond donors (Lipinski definition) is 1. The van der Waals surface area contributed by atoms with E-state index in [1.54, 1.807) is 0 Å². The normalized spacial score (nSPS) is 23.4. The van der Waals surface area contributed by atoms with Gasteiger partial charge in [0.05, 0.1) is 13.2 Å². The van der Waals surface area contributed by atoms with Gasteiger partial charge in [0, 0.05) is 26.2 Å². The highest BCUT2D eigenvalue weighted by molar-refractivity contribution is 5.44. The second kappa shape index (κ2) is 5.78. The van der Waals surface area contributed by atoms with Crippen LogP contribution in [-0.2, 0) is 4.74 Å². The maximum absolute atomic E-state index is 5.85. The molecular weight excluding hydrogens is 256 g/mol. The van der Waals surface area contributed by atoms with Gasteiger partial charge in [0.15, 0.2) is 0 Å². The summed E-state index contributed by atoms with van der Waals surface area (Å²) in [5, 5.41) is 0. The quantitative estimate of drug-likeness (QED) is 0.863. The summed E-state index contributed by atoms with van der Waals surface area (Å²) in [6.07, 6.45) is 2.41. The molecule has 0 spiro atoms. The summed E-state index contributed by atoms with van der Waals surface area (Å²) in [6.45, 7) is 7.29. The summed E-state index contributed by atoms with van der Waals surface area (Å²) in [7, 11) is 0. The highest BCUT2D eigenvalue weighted by atomic mass is 16.5. The Bertz CT molecular complexity index is 462. The predicted molar refractivity (Wildman–Crippen MR) is 77.9 cm³/mol. The number of hydrogen-bond acceptors (Lipinski definition) is 7. The molecular formula is C13H22N6O. The average Bonchev–Trinajstić information content (AvgIpc) is 2.96. The van der Waals surface area contributed by atoms with Crippen LogP contribution in [0.1, 0.15) is 19.8 Å². The van der Waals surface area contributed by atoms with E-state index in [0.717, 1.165) is 38.0 Å². The Morgan fingerprint density at radius 3 is 2.45 bits per heavy atom. The molecule has 20 heavy (non-hydrogen) atoms. The summed E-state index contributed by atoms with van der Waals surface area (Å²) >= 11 is 0. The number of morpholine rings is 1. The minimum absolute atomic E-state index is 0.302. The maximum Gasteiger partial charge on any atom is 0.232 e. The predicted octanol–water partition coefficient (Wildman–Crippen LogP) is 0.527. The van der Waals surface area contributed by atoms with Crippen LogP contribution in [0.2, 0.25) is 0 Å². The molecule has 110 valence electrons. The number of nitrogens with two attached hydrogens (primary N) is 1. The van der Waals surface area contributed by atoms with Gasteiger partial charge in [-0.2, -0.15) is 15.0 Å². The number of aromatic nitrogens is 3. The van der Waals surface area contributed by atoms with Crippen molar-refractivity contribution in [3.05, 3.63) is 0 Å². The van der Waals surface area contributed by atoms with Crippen molar-refractivity contribution in [2.75, 3.05) is 54.9 Å². The van der Waals surface area contributed by atoms with E-state index in [9.17, 15) is 0 Å². The third-order valence-electron chi connectivity index (χ3n) is 4.07. The number of nitrogens with zero attached hydrogens (tertiary/aromatic N) is 5. The SMILES string of the molecule is CCC1CCN(c2nc(N)nc(N3CCOCC3)n2)C1. The van der Waals surface area contributed by atoms with Crippen LogP contribution in [0.5, 0.6) is 0 Å². The summed E-state index contributed by atoms with van der Waals surface area (Å²) < 4.78 is 5.36. The van der Waals surface area contributed by atoms with Gasteiger partial charge in [0.1, 0.15) is 0 Å². The molecule has 7 nitrogen and oxygen atoms in total. The van der Waals surface area contributed by atoms with Gasteiger partial charge in [-0.15, -0.1) is 0 Å². The molecule has 0 saturated carbocycles. The zero-order valence-corrected chi connectivity index (χ0v) is 12.0. The van der Waals surface area contributed by atoms with Crippen LogP contribution in [0.25, 0.3) is 0 Å². The molecule has 0 radical (unpaired) electrons. The molecule has 2 fully saturated rings. The second-order valence-electron chi connectivity index (χ2n) is 5.40. The number of nitrogen functional groups attached to an aromatic ring is 1. The zero-order valence-electron chi connectivity index (χ0n) is 12.0. The molecule has 1 aromatic heterocycles. The van der Waals surface area contributed by atoms with E-state index < -0.39 is 0 Å². The molecule has 7 heteroatoms. The molecule has 0 amide bonds. The van der Waals surface area contributed by atoms with Crippen molar-refractivity contribution in [2.24, 2.45) is 5.92 Å². The lowest BCUT2D eigenvalue weighted by Crippen LogP contribution is -2.38. The first kappa shape index (κ1) is 13.4. The number of ether oxygens (including phenoxy) is 1. The van der Waals surface area contributed by atoms with Gasteiger partial charge in [-0.25, -0.2) is 0 Å². The van der Waals surface area contributed by atoms with E-state index in [2.05, 4.69) is 31.7 Å². The molecule has 2 aliphatic rings. The van der Waals surface area contributed by atoms with Crippen LogP contribution in [0.4, 0.5) is 17.8 Å². The standard InChI is InChI=1S/C13H22N6O/c1-2-10-3-4-19(9-10)13-16-11(14)15-12(17-13)18-5-7-20-8-6-18/h10H,2-9H2,1H3,(H2,14,15,16,17). The Morgan fingerprint density at radius 2 is 1.80 bits per heavy atom. The van der Waals surface area contributed by atoms with E-state index in [1.807, 2.05) is 0 Å². The van der Waals surface area contributed by atoms with Crippen molar-refractivity contribution < 1.29 is 4.74 Å². The monoisotopic (exact) mass is 278 g/mol. The van der Waals surface area contributed by atoms with Crippen LogP contribution in [-0.4, -0.2) is 54.3 Å². The highest BCUT2D eigenvalue weighted by Crippen LogP contribution is 2.24. The van der Waals surface area contributed by atoms with Crippen LogP contribution < -0.4 is 15.5 Å². The summed E-state index contributed by atoms with van der Waals surface area (Å²) in [6, 6.07) is 0. The van der Waals surface area contributed by atoms with Crippen molar-refractivity contribution in [2.45, 2.75) is 19.8 Å². The zero-order chi connectivity index (χ0) is 13.9. The number of anilines is 3. The van der Waals surface area contributed by atoms with Gasteiger partial charge in [0.2, 0.25) is 17.8 Å². The fourth-order valence-corrected chi connectivity index (χ4v) is 2.76. The van der Waals surface area contributed by atoms with Gasteiger partial charge in [-0.3, -0.25) is 0 Å². The lowest BCUT2D eigenvalue weighted by molar-refractivity contribution is 0.122. The third kappa shape index (κ3) is 2.77. The lowest BCUT2D eigenvalue weighted by atomic mass is 10.1. The fourth-order valence-electron chi connectivity index (χ4n) is 2.76. The van der Waals surface area contributed by atoms with E-state index in [1.165, 1.54) is 12.8 Å². The Kier molecular flexibility index (Phi) is 3.86. The first-order valence-electron chi connectivity index (χ1n) is 7.35. The van der Waals surface area contributed by atoms with Gasteiger partial charge in [0.25, 0.3) is 0 Å². The highest BCUT2D eigenvalue weighted by Gasteiger charge is 2.25. The second-order valence-corrected chi connectivity index (χ2v) is 5.40. The van der Waals surface area contributed by atoms with E-state index in [-0.39, 0.29) is 0 Å². The Balaban J connectivity index is 1.79. The summed E-state index contributed by atoms with van der Waals surface area (Å²) in [5.74, 6) is 2.43. The van der Waals surface area contributed by atoms with Crippen LogP contribution in [0.3, 0.4) is 0 Å². The van der Waals surface area contributed by atoms with Crippen molar-refractivity contribution >= 4 is 17.8 Å². The van der Waals surface area contributed by atoms with Crippen molar-refractivity contribution in [3.8, 4) is 0 Å². The minimum Gasteiger partial charge on any atom is -0.378 e. The molecule has 2 saturated heterocycles. The fraction of sp³-hybridized carbons (Fsp3) is 0.769. The molecule has 3 heterocycles. The molecule has 2 aliphatic heterocycles. The Hall–Kier alpha value is -1.63. The first-order valence-corrected chi connectivity index (χ1v) is 7.35. The first-order chi connectivity index (χ1) is 9.76. The minimum atomic E-state index is 0.302. The molecule has 0 bridgehead atoms. The molecule has 0 aromatic carbocycles. The van der Waals surface area contributed by atoms with E-state index in [0.29, 0.717) is 25.1 Å². The van der Waals surface area contributed by atoms with Gasteiger partial charge >= 0.3 is 0 Å². The van der Waals surface area contributed by atoms with Crippen LogP contribution >= 0.6 is 0 Å². The average molecular weight is 278 g/mol. The van der Waals surface area contributed by atoms with Gasteiger partial charge < -0.3 is 20.3 Å². The molecule has 0 aliphatic carbocycles. The van der Waals surface area contributed by atoms with Crippen LogP contribution in [0, 0.1) is 5.92 Å². The largest absolute Gasteiger partial charge is 0.378 e. The number of rotatable bonds is 3. The smallest absolute Gasteiger partial charge is 0.232 e. The molecule has 1 atom stereocenters. The van der Waals surface area contributed by atoms with Crippen molar-refractivity contribution in [1.29, 1.82) is 0 Å². The van der Waals surface area contributed by atoms with Crippen molar-refractivity contribution in [1.82, 2.24) is 15.0 Å². The topological polar surface area (TPSA) is 80.4 Å². The van der Waals surface area contributed by atoms with Crippen LogP contribution in [0.15, 0.2) is 0 Å². The molecule has 1 aromatic rings. The molecule has 1 unspecified atom stereocenters. The molecule has 2 N–H and O–H groups in total. The summed E-state index contributed by atoms with van der Waals surface area (Å²) in [5.41, 5.74) is 5.85. The molecule has 3 rings (SSSR count). The Labute approximate surface area is 119 Å². The summed E-state index contributed by atoms with van der Waals surface area (Å²) in [4.78, 5) is 17.5. The van der Waals surface area contributed by atoms with Crippen molar-refractivity contribution in [3.63, 3.8) is 0 Å². The van der Waals surface area contributed by atoms with Gasteiger partial charge in [-0.05, 0) is 12.3 Å². The Morgan fingerprint density at radius 1 is 1.10 bits per heavy atom. The van der Waals surface area contributed by atoms with Gasteiger partial charge in [-0.1, -0.05) is 13.3 Å². The maximum atomic E-state index is 5.85.